The number of amides is 1. The molecule has 2 aliphatic heterocycles. The number of nitrogens with one attached hydrogen (secondary N) is 2. The predicted molar refractivity (Wildman–Crippen MR) is 99.6 cm³/mol. The lowest BCUT2D eigenvalue weighted by Crippen LogP contribution is -2.37. The minimum atomic E-state index is -0.0985. The molecule has 7 nitrogen and oxygen atoms in total. The topological polar surface area (TPSA) is 85.4 Å². The molecule has 0 saturated heterocycles. The molecular weight excluding hydrogens is 344 g/mol. The van der Waals surface area contributed by atoms with Crippen LogP contribution in [0.15, 0.2) is 18.2 Å². The average Bonchev–Trinajstić information content (AvgIpc) is 3.53. The highest BCUT2D eigenvalue weighted by Crippen LogP contribution is 2.40. The van der Waals surface area contributed by atoms with Crippen LogP contribution in [-0.4, -0.2) is 42.2 Å². The molecule has 0 radical (unpaired) electrons. The van der Waals surface area contributed by atoms with E-state index in [1.54, 1.807) is 7.11 Å². The summed E-state index contributed by atoms with van der Waals surface area (Å²) in [6, 6.07) is 6.03. The molecule has 7 heteroatoms. The summed E-state index contributed by atoms with van der Waals surface area (Å²) in [6.07, 6.45) is 3.75. The first kappa shape index (κ1) is 16.4. The van der Waals surface area contributed by atoms with E-state index in [0.29, 0.717) is 24.8 Å². The minimum absolute atomic E-state index is 0.0839. The number of benzene rings is 1. The summed E-state index contributed by atoms with van der Waals surface area (Å²) in [6.45, 7) is 1.14. The van der Waals surface area contributed by atoms with E-state index in [1.807, 2.05) is 12.1 Å². The zero-order valence-electron chi connectivity index (χ0n) is 15.2. The molecule has 5 rings (SSSR count). The standard InChI is InChI=1S/C20H22N4O3/c1-26-15-4-2-3-12-9-13(10-27-17(12)15)22-19-14-7-8-21-20(25)16(14)23-18(24-19)11-5-6-11/h2-4,11,13H,5-10H2,1H3,(H,21,25)(H,22,23,24). The van der Waals surface area contributed by atoms with Gasteiger partial charge in [0.15, 0.2) is 11.5 Å². The quantitative estimate of drug-likeness (QED) is 0.862. The van der Waals surface area contributed by atoms with Gasteiger partial charge in [0.25, 0.3) is 5.91 Å². The molecule has 1 aliphatic carbocycles. The van der Waals surface area contributed by atoms with Gasteiger partial charge in [0.05, 0.1) is 13.2 Å². The van der Waals surface area contributed by atoms with Crippen molar-refractivity contribution in [1.29, 1.82) is 0 Å². The second kappa shape index (κ2) is 6.40. The number of ether oxygens (including phenoxy) is 2. The molecule has 3 aliphatic rings. The lowest BCUT2D eigenvalue weighted by molar-refractivity contribution is 0.0940. The highest BCUT2D eigenvalue weighted by atomic mass is 16.5. The third-order valence-electron chi connectivity index (χ3n) is 5.36. The number of methoxy groups -OCH3 is 1. The summed E-state index contributed by atoms with van der Waals surface area (Å²) in [4.78, 5) is 21.6. The van der Waals surface area contributed by atoms with Gasteiger partial charge in [-0.05, 0) is 31.7 Å². The number of carbonyl (C=O) groups excluding carboxylic acids is 1. The Kier molecular flexibility index (Phi) is 3.88. The fourth-order valence-electron chi connectivity index (χ4n) is 3.80. The number of anilines is 1. The van der Waals surface area contributed by atoms with E-state index < -0.39 is 0 Å². The van der Waals surface area contributed by atoms with Crippen LogP contribution in [0.4, 0.5) is 5.82 Å². The smallest absolute Gasteiger partial charge is 0.270 e. The number of hydrogen-bond donors (Lipinski definition) is 2. The molecule has 1 atom stereocenters. The third-order valence-corrected chi connectivity index (χ3v) is 5.36. The fourth-order valence-corrected chi connectivity index (χ4v) is 3.80. The molecular formula is C20H22N4O3. The number of aromatic nitrogens is 2. The first-order chi connectivity index (χ1) is 13.2. The Balaban J connectivity index is 1.45. The van der Waals surface area contributed by atoms with Crippen LogP contribution in [0.1, 0.15) is 46.2 Å². The minimum Gasteiger partial charge on any atom is -0.493 e. The van der Waals surface area contributed by atoms with Crippen LogP contribution < -0.4 is 20.1 Å². The van der Waals surface area contributed by atoms with Gasteiger partial charge in [0, 0.05) is 23.6 Å². The SMILES string of the molecule is COc1cccc2c1OCC(Nc1nc(C3CC3)nc3c1CCNC3=O)C2. The van der Waals surface area contributed by atoms with Crippen molar-refractivity contribution in [2.45, 2.75) is 37.6 Å². The van der Waals surface area contributed by atoms with Crippen molar-refractivity contribution in [1.82, 2.24) is 15.3 Å². The highest BCUT2D eigenvalue weighted by molar-refractivity contribution is 5.96. The lowest BCUT2D eigenvalue weighted by atomic mass is 10.0. The Bertz CT molecular complexity index is 910. The van der Waals surface area contributed by atoms with Gasteiger partial charge in [-0.2, -0.15) is 0 Å². The Labute approximate surface area is 157 Å². The van der Waals surface area contributed by atoms with E-state index >= 15 is 0 Å². The van der Waals surface area contributed by atoms with E-state index in [4.69, 9.17) is 14.5 Å². The molecule has 1 unspecified atom stereocenters. The van der Waals surface area contributed by atoms with Gasteiger partial charge in [-0.15, -0.1) is 0 Å². The summed E-state index contributed by atoms with van der Waals surface area (Å²) in [5.74, 6) is 3.44. The van der Waals surface area contributed by atoms with Crippen molar-refractivity contribution >= 4 is 11.7 Å². The summed E-state index contributed by atoms with van der Waals surface area (Å²) >= 11 is 0. The molecule has 1 saturated carbocycles. The van der Waals surface area contributed by atoms with Crippen molar-refractivity contribution in [3.8, 4) is 11.5 Å². The van der Waals surface area contributed by atoms with Gasteiger partial charge in [-0.1, -0.05) is 12.1 Å². The molecule has 3 heterocycles. The Morgan fingerprint density at radius 2 is 2.19 bits per heavy atom. The van der Waals surface area contributed by atoms with Crippen molar-refractivity contribution in [3.05, 3.63) is 40.8 Å². The van der Waals surface area contributed by atoms with Crippen LogP contribution in [0.25, 0.3) is 0 Å². The Hall–Kier alpha value is -2.83. The number of para-hydroxylation sites is 1. The van der Waals surface area contributed by atoms with Crippen molar-refractivity contribution in [2.75, 3.05) is 25.6 Å². The van der Waals surface area contributed by atoms with Gasteiger partial charge < -0.3 is 20.1 Å². The fraction of sp³-hybridized carbons (Fsp3) is 0.450. The summed E-state index contributed by atoms with van der Waals surface area (Å²) in [5.41, 5.74) is 2.56. The molecule has 1 amide bonds. The maximum absolute atomic E-state index is 12.3. The monoisotopic (exact) mass is 366 g/mol. The number of fused-ring (bicyclic) bond motifs is 2. The highest BCUT2D eigenvalue weighted by Gasteiger charge is 2.32. The van der Waals surface area contributed by atoms with Crippen LogP contribution >= 0.6 is 0 Å². The van der Waals surface area contributed by atoms with E-state index in [2.05, 4.69) is 21.7 Å². The van der Waals surface area contributed by atoms with Crippen LogP contribution in [0.3, 0.4) is 0 Å². The van der Waals surface area contributed by atoms with E-state index in [1.165, 1.54) is 0 Å². The lowest BCUT2D eigenvalue weighted by Gasteiger charge is -2.29. The van der Waals surface area contributed by atoms with E-state index in [0.717, 1.165) is 60.0 Å². The van der Waals surface area contributed by atoms with Gasteiger partial charge in [0.1, 0.15) is 23.9 Å². The van der Waals surface area contributed by atoms with Crippen molar-refractivity contribution < 1.29 is 14.3 Å². The maximum Gasteiger partial charge on any atom is 0.270 e. The Morgan fingerprint density at radius 3 is 3.00 bits per heavy atom. The maximum atomic E-state index is 12.3. The van der Waals surface area contributed by atoms with Crippen LogP contribution in [0.5, 0.6) is 11.5 Å². The van der Waals surface area contributed by atoms with Gasteiger partial charge >= 0.3 is 0 Å². The first-order valence-electron chi connectivity index (χ1n) is 9.47. The second-order valence-electron chi connectivity index (χ2n) is 7.34. The zero-order valence-corrected chi connectivity index (χ0v) is 15.2. The first-order valence-corrected chi connectivity index (χ1v) is 9.47. The molecule has 0 bridgehead atoms. The third kappa shape index (κ3) is 2.97. The Morgan fingerprint density at radius 1 is 1.30 bits per heavy atom. The van der Waals surface area contributed by atoms with E-state index in [9.17, 15) is 4.79 Å². The van der Waals surface area contributed by atoms with E-state index in [-0.39, 0.29) is 11.9 Å². The molecule has 2 aromatic rings. The summed E-state index contributed by atoms with van der Waals surface area (Å²) in [7, 11) is 1.65. The summed E-state index contributed by atoms with van der Waals surface area (Å²) < 4.78 is 11.4. The predicted octanol–water partition coefficient (Wildman–Crippen LogP) is 2.06. The molecule has 140 valence electrons. The second-order valence-corrected chi connectivity index (χ2v) is 7.34. The molecule has 27 heavy (non-hydrogen) atoms. The molecule has 2 N–H and O–H groups in total. The summed E-state index contributed by atoms with van der Waals surface area (Å²) in [5, 5.41) is 6.42. The van der Waals surface area contributed by atoms with Crippen molar-refractivity contribution in [3.63, 3.8) is 0 Å². The average molecular weight is 366 g/mol. The normalized spacial score (nSPS) is 20.8. The van der Waals surface area contributed by atoms with Crippen LogP contribution in [0, 0.1) is 0 Å². The number of nitrogens with zero attached hydrogens (tertiary/aromatic N) is 2. The zero-order chi connectivity index (χ0) is 18.4. The van der Waals surface area contributed by atoms with Gasteiger partial charge in [-0.3, -0.25) is 4.79 Å². The number of carbonyl (C=O) groups is 1. The largest absolute Gasteiger partial charge is 0.493 e. The van der Waals surface area contributed by atoms with Crippen molar-refractivity contribution in [2.24, 2.45) is 0 Å². The molecule has 1 aromatic heterocycles. The van der Waals surface area contributed by atoms with Crippen LogP contribution in [0.2, 0.25) is 0 Å². The molecule has 0 spiro atoms. The molecule has 1 aromatic carbocycles. The molecule has 1 fully saturated rings. The number of hydrogen-bond acceptors (Lipinski definition) is 6. The van der Waals surface area contributed by atoms with Crippen LogP contribution in [-0.2, 0) is 12.8 Å². The van der Waals surface area contributed by atoms with Gasteiger partial charge in [0.2, 0.25) is 0 Å². The van der Waals surface area contributed by atoms with Gasteiger partial charge in [-0.25, -0.2) is 9.97 Å². The number of rotatable bonds is 4.